The van der Waals surface area contributed by atoms with E-state index in [1.807, 2.05) is 12.1 Å². The molecule has 1 aliphatic rings. The summed E-state index contributed by atoms with van der Waals surface area (Å²) in [5.41, 5.74) is 9.18. The molecule has 1 aliphatic heterocycles. The molecule has 2 aromatic rings. The van der Waals surface area contributed by atoms with Gasteiger partial charge in [0, 0.05) is 31.1 Å². The van der Waals surface area contributed by atoms with E-state index in [-0.39, 0.29) is 30.8 Å². The molecule has 3 rings (SSSR count). The summed E-state index contributed by atoms with van der Waals surface area (Å²) in [6.07, 6.45) is 1.97. The Balaban J connectivity index is 1.45. The van der Waals surface area contributed by atoms with Crippen LogP contribution < -0.4 is 11.1 Å². The van der Waals surface area contributed by atoms with Gasteiger partial charge in [-0.25, -0.2) is 9.86 Å². The number of nitrogens with one attached hydrogen (secondary N) is 1. The van der Waals surface area contributed by atoms with Gasteiger partial charge in [0.15, 0.2) is 0 Å². The minimum absolute atomic E-state index is 0.0395. The monoisotopic (exact) mass is 438 g/mol. The molecule has 0 spiro atoms. The Morgan fingerprint density at radius 2 is 1.59 bits per heavy atom. The third kappa shape index (κ3) is 5.85. The zero-order valence-electron chi connectivity index (χ0n) is 18.3. The first-order valence-corrected chi connectivity index (χ1v) is 10.9. The van der Waals surface area contributed by atoms with Crippen LogP contribution in [0.3, 0.4) is 0 Å². The van der Waals surface area contributed by atoms with Gasteiger partial charge in [0.25, 0.3) is 5.91 Å². The van der Waals surface area contributed by atoms with Crippen molar-refractivity contribution < 1.29 is 19.6 Å². The van der Waals surface area contributed by atoms with Crippen molar-refractivity contribution >= 4 is 17.8 Å². The Labute approximate surface area is 188 Å². The fraction of sp³-hybridized carbons (Fsp3) is 0.375. The van der Waals surface area contributed by atoms with Gasteiger partial charge in [-0.2, -0.15) is 0 Å². The summed E-state index contributed by atoms with van der Waals surface area (Å²) in [4.78, 5) is 37.4. The van der Waals surface area contributed by atoms with Crippen LogP contribution in [0.2, 0.25) is 0 Å². The number of hydrogen-bond donors (Lipinski definition) is 3. The Kier molecular flexibility index (Phi) is 7.83. The normalized spacial score (nSPS) is 14.1. The second-order valence-corrected chi connectivity index (χ2v) is 7.95. The highest BCUT2D eigenvalue weighted by Crippen LogP contribution is 2.21. The van der Waals surface area contributed by atoms with Crippen molar-refractivity contribution in [2.45, 2.75) is 26.2 Å². The molecule has 2 aromatic carbocycles. The number of piperidine rings is 1. The fourth-order valence-electron chi connectivity index (χ4n) is 3.74. The number of likely N-dealkylation sites (tertiary alicyclic amines) is 1. The highest BCUT2D eigenvalue weighted by Gasteiger charge is 2.28. The number of hydroxylamine groups is 2. The molecule has 0 saturated carbocycles. The number of primary amides is 1. The number of amides is 4. The molecule has 1 heterocycles. The number of rotatable bonds is 7. The Morgan fingerprint density at radius 1 is 1.03 bits per heavy atom. The molecule has 1 saturated heterocycles. The van der Waals surface area contributed by atoms with Gasteiger partial charge in [-0.3, -0.25) is 14.8 Å². The predicted molar refractivity (Wildman–Crippen MR) is 121 cm³/mol. The van der Waals surface area contributed by atoms with E-state index in [4.69, 9.17) is 5.73 Å². The first kappa shape index (κ1) is 23.3. The molecule has 32 heavy (non-hydrogen) atoms. The highest BCUT2D eigenvalue weighted by molar-refractivity contribution is 5.94. The van der Waals surface area contributed by atoms with Gasteiger partial charge >= 0.3 is 6.03 Å². The van der Waals surface area contributed by atoms with Crippen molar-refractivity contribution in [1.29, 1.82) is 0 Å². The lowest BCUT2D eigenvalue weighted by Gasteiger charge is -2.32. The lowest BCUT2D eigenvalue weighted by Crippen LogP contribution is -2.48. The van der Waals surface area contributed by atoms with E-state index in [0.29, 0.717) is 36.6 Å². The Bertz CT molecular complexity index is 935. The molecule has 0 atom stereocenters. The van der Waals surface area contributed by atoms with Gasteiger partial charge in [-0.15, -0.1) is 0 Å². The highest BCUT2D eigenvalue weighted by atomic mass is 16.5. The standard InChI is InChI=1S/C24H30N4O4/c1-2-17-3-5-18(6-4-17)19-7-9-21(10-8-19)23(30)26-13-16-28(32)24(31)27-14-11-20(12-15-27)22(25)29/h3-10,20,32H,2,11-16H2,1H3,(H2,25,29)(H,26,30). The number of carbonyl (C=O) groups is 3. The largest absolute Gasteiger partial charge is 0.369 e. The predicted octanol–water partition coefficient (Wildman–Crippen LogP) is 2.65. The minimum Gasteiger partial charge on any atom is -0.369 e. The van der Waals surface area contributed by atoms with Crippen LogP contribution in [0, 0.1) is 5.92 Å². The lowest BCUT2D eigenvalue weighted by molar-refractivity contribution is -0.123. The number of nitrogens with zero attached hydrogens (tertiary/aromatic N) is 2. The van der Waals surface area contributed by atoms with Crippen LogP contribution in [0.15, 0.2) is 48.5 Å². The molecule has 8 nitrogen and oxygen atoms in total. The van der Waals surface area contributed by atoms with Gasteiger partial charge in [0.05, 0.1) is 6.54 Å². The molecule has 0 aliphatic carbocycles. The van der Waals surface area contributed by atoms with E-state index in [1.54, 1.807) is 12.1 Å². The molecule has 1 fully saturated rings. The number of urea groups is 1. The summed E-state index contributed by atoms with van der Waals surface area (Å²) in [5, 5.41) is 13.3. The molecule has 4 N–H and O–H groups in total. The molecule has 8 heteroatoms. The zero-order valence-corrected chi connectivity index (χ0v) is 18.3. The molecule has 0 radical (unpaired) electrons. The number of benzene rings is 2. The van der Waals surface area contributed by atoms with Gasteiger partial charge in [0.1, 0.15) is 0 Å². The van der Waals surface area contributed by atoms with Gasteiger partial charge in [-0.1, -0.05) is 43.3 Å². The van der Waals surface area contributed by atoms with Crippen molar-refractivity contribution in [3.63, 3.8) is 0 Å². The average molecular weight is 439 g/mol. The molecule has 0 aromatic heterocycles. The summed E-state index contributed by atoms with van der Waals surface area (Å²) in [6, 6.07) is 15.1. The molecular weight excluding hydrogens is 408 g/mol. The summed E-state index contributed by atoms with van der Waals surface area (Å²) in [7, 11) is 0. The van der Waals surface area contributed by atoms with Gasteiger partial charge < -0.3 is 16.0 Å². The topological polar surface area (TPSA) is 116 Å². The fourth-order valence-corrected chi connectivity index (χ4v) is 3.74. The van der Waals surface area contributed by atoms with E-state index >= 15 is 0 Å². The van der Waals surface area contributed by atoms with Crippen LogP contribution in [0.4, 0.5) is 4.79 Å². The Hall–Kier alpha value is -3.39. The summed E-state index contributed by atoms with van der Waals surface area (Å²) in [5.74, 6) is -0.864. The summed E-state index contributed by atoms with van der Waals surface area (Å²) < 4.78 is 0. The summed E-state index contributed by atoms with van der Waals surface area (Å²) >= 11 is 0. The van der Waals surface area contributed by atoms with Crippen molar-refractivity contribution in [2.75, 3.05) is 26.2 Å². The maximum Gasteiger partial charge on any atom is 0.343 e. The SMILES string of the molecule is CCc1ccc(-c2ccc(C(=O)NCCN(O)C(=O)N3CCC(C(N)=O)CC3)cc2)cc1. The second-order valence-electron chi connectivity index (χ2n) is 7.95. The van der Waals surface area contributed by atoms with Crippen LogP contribution >= 0.6 is 0 Å². The quantitative estimate of drug-likeness (QED) is 0.455. The van der Waals surface area contributed by atoms with Crippen molar-refractivity contribution in [1.82, 2.24) is 15.3 Å². The third-order valence-corrected chi connectivity index (χ3v) is 5.84. The summed E-state index contributed by atoms with van der Waals surface area (Å²) in [6.45, 7) is 2.91. The van der Waals surface area contributed by atoms with Crippen LogP contribution in [0.25, 0.3) is 11.1 Å². The molecule has 0 unspecified atom stereocenters. The number of aryl methyl sites for hydroxylation is 1. The number of carbonyl (C=O) groups excluding carboxylic acids is 3. The molecular formula is C24H30N4O4. The van der Waals surface area contributed by atoms with E-state index < -0.39 is 6.03 Å². The van der Waals surface area contributed by atoms with Crippen LogP contribution in [0.1, 0.15) is 35.7 Å². The van der Waals surface area contributed by atoms with Crippen LogP contribution in [-0.4, -0.2) is 59.2 Å². The maximum absolute atomic E-state index is 12.4. The van der Waals surface area contributed by atoms with E-state index in [2.05, 4.69) is 36.5 Å². The molecule has 170 valence electrons. The smallest absolute Gasteiger partial charge is 0.343 e. The Morgan fingerprint density at radius 3 is 2.12 bits per heavy atom. The second kappa shape index (κ2) is 10.8. The maximum atomic E-state index is 12.4. The van der Waals surface area contributed by atoms with Crippen molar-refractivity contribution in [3.8, 4) is 11.1 Å². The van der Waals surface area contributed by atoms with Crippen LogP contribution in [0.5, 0.6) is 0 Å². The van der Waals surface area contributed by atoms with E-state index in [1.165, 1.54) is 10.5 Å². The van der Waals surface area contributed by atoms with Crippen molar-refractivity contribution in [3.05, 3.63) is 59.7 Å². The molecule has 0 bridgehead atoms. The minimum atomic E-state index is -0.541. The van der Waals surface area contributed by atoms with E-state index in [9.17, 15) is 19.6 Å². The molecule has 4 amide bonds. The number of nitrogens with two attached hydrogens (primary N) is 1. The van der Waals surface area contributed by atoms with Gasteiger partial charge in [0.2, 0.25) is 5.91 Å². The zero-order chi connectivity index (χ0) is 23.1. The lowest BCUT2D eigenvalue weighted by atomic mass is 9.96. The first-order chi connectivity index (χ1) is 15.4. The number of hydrogen-bond acceptors (Lipinski definition) is 4. The van der Waals surface area contributed by atoms with Gasteiger partial charge in [-0.05, 0) is 48.1 Å². The van der Waals surface area contributed by atoms with E-state index in [0.717, 1.165) is 17.5 Å². The average Bonchev–Trinajstić information content (AvgIpc) is 2.83. The third-order valence-electron chi connectivity index (χ3n) is 5.84. The first-order valence-electron chi connectivity index (χ1n) is 10.9. The van der Waals surface area contributed by atoms with Crippen LogP contribution in [-0.2, 0) is 11.2 Å². The van der Waals surface area contributed by atoms with Crippen molar-refractivity contribution in [2.24, 2.45) is 11.7 Å².